The largest absolute Gasteiger partial charge is 0.417 e. The van der Waals surface area contributed by atoms with Gasteiger partial charge < -0.3 is 10.1 Å². The number of alkyl halides is 3. The molecule has 7 heteroatoms. The van der Waals surface area contributed by atoms with Crippen LogP contribution in [-0.4, -0.2) is 26.9 Å². The minimum absolute atomic E-state index is 0.0431. The van der Waals surface area contributed by atoms with E-state index in [1.54, 1.807) is 13.8 Å². The highest BCUT2D eigenvalue weighted by atomic mass is 19.4. The first-order valence-electron chi connectivity index (χ1n) is 6.53. The number of aliphatic hydroxyl groups is 1. The van der Waals surface area contributed by atoms with Crippen LogP contribution < -0.4 is 0 Å². The second-order valence-corrected chi connectivity index (χ2v) is 5.66. The number of pyridine rings is 1. The molecular weight excluding hydrogens is 288 g/mol. The van der Waals surface area contributed by atoms with Gasteiger partial charge in [0.15, 0.2) is 5.60 Å². The van der Waals surface area contributed by atoms with Crippen LogP contribution in [0.3, 0.4) is 0 Å². The molecule has 0 amide bonds. The van der Waals surface area contributed by atoms with Crippen molar-refractivity contribution in [3.8, 4) is 0 Å². The third-order valence-electron chi connectivity index (χ3n) is 3.31. The second-order valence-electron chi connectivity index (χ2n) is 5.66. The molecule has 0 radical (unpaired) electrons. The average molecular weight is 304 g/mol. The van der Waals surface area contributed by atoms with E-state index in [0.29, 0.717) is 5.39 Å². The summed E-state index contributed by atoms with van der Waals surface area (Å²) >= 11 is 0. The number of fused-ring (bicyclic) bond motifs is 1. The SMILES string of the molecule is CC(C)CC(O)(Cc1cc2ccnc(F)c2[nH]1)C(F)(F)F. The number of hydrogen-bond acceptors (Lipinski definition) is 2. The Bertz CT molecular complexity index is 635. The molecule has 0 saturated carbocycles. The molecule has 1 unspecified atom stereocenters. The van der Waals surface area contributed by atoms with E-state index < -0.39 is 30.6 Å². The van der Waals surface area contributed by atoms with Crippen LogP contribution in [0.5, 0.6) is 0 Å². The lowest BCUT2D eigenvalue weighted by molar-refractivity contribution is -0.265. The zero-order valence-corrected chi connectivity index (χ0v) is 11.6. The number of nitrogens with zero attached hydrogens (tertiary/aromatic N) is 1. The Balaban J connectivity index is 2.37. The fourth-order valence-corrected chi connectivity index (χ4v) is 2.45. The summed E-state index contributed by atoms with van der Waals surface area (Å²) in [7, 11) is 0. The highest BCUT2D eigenvalue weighted by Crippen LogP contribution is 2.38. The van der Waals surface area contributed by atoms with Crippen LogP contribution in [0.25, 0.3) is 10.9 Å². The third kappa shape index (κ3) is 3.18. The molecule has 0 saturated heterocycles. The van der Waals surface area contributed by atoms with Crippen LogP contribution in [-0.2, 0) is 6.42 Å². The highest BCUT2D eigenvalue weighted by molar-refractivity contribution is 5.79. The van der Waals surface area contributed by atoms with E-state index in [1.165, 1.54) is 18.3 Å². The molecule has 0 fully saturated rings. The smallest absolute Gasteiger partial charge is 0.380 e. The van der Waals surface area contributed by atoms with Crippen molar-refractivity contribution in [1.82, 2.24) is 9.97 Å². The van der Waals surface area contributed by atoms with Crippen molar-refractivity contribution in [1.29, 1.82) is 0 Å². The van der Waals surface area contributed by atoms with Gasteiger partial charge in [0.2, 0.25) is 5.95 Å². The van der Waals surface area contributed by atoms with Crippen molar-refractivity contribution in [3.05, 3.63) is 30.0 Å². The molecule has 0 aliphatic heterocycles. The second kappa shape index (κ2) is 5.29. The highest BCUT2D eigenvalue weighted by Gasteiger charge is 2.53. The van der Waals surface area contributed by atoms with Gasteiger partial charge >= 0.3 is 6.18 Å². The molecule has 1 atom stereocenters. The maximum atomic E-state index is 13.4. The van der Waals surface area contributed by atoms with E-state index in [2.05, 4.69) is 9.97 Å². The summed E-state index contributed by atoms with van der Waals surface area (Å²) in [5.41, 5.74) is -2.68. The molecule has 0 spiro atoms. The summed E-state index contributed by atoms with van der Waals surface area (Å²) in [6.45, 7) is 3.21. The Labute approximate surface area is 119 Å². The van der Waals surface area contributed by atoms with Crippen LogP contribution in [0.2, 0.25) is 0 Å². The molecule has 3 nitrogen and oxygen atoms in total. The summed E-state index contributed by atoms with van der Waals surface area (Å²) in [4.78, 5) is 6.00. The summed E-state index contributed by atoms with van der Waals surface area (Å²) < 4.78 is 52.9. The van der Waals surface area contributed by atoms with E-state index in [0.717, 1.165) is 0 Å². The quantitative estimate of drug-likeness (QED) is 0.670. The van der Waals surface area contributed by atoms with Gasteiger partial charge in [0, 0.05) is 23.7 Å². The van der Waals surface area contributed by atoms with E-state index in [-0.39, 0.29) is 17.1 Å². The predicted octanol–water partition coefficient (Wildman–Crippen LogP) is 3.58. The lowest BCUT2D eigenvalue weighted by Gasteiger charge is -2.31. The first-order chi connectivity index (χ1) is 9.62. The van der Waals surface area contributed by atoms with Gasteiger partial charge in [-0.25, -0.2) is 4.98 Å². The molecule has 2 heterocycles. The Morgan fingerprint density at radius 1 is 1.33 bits per heavy atom. The molecule has 2 aromatic rings. The van der Waals surface area contributed by atoms with E-state index in [1.807, 2.05) is 0 Å². The fourth-order valence-electron chi connectivity index (χ4n) is 2.45. The molecule has 0 aromatic carbocycles. The lowest BCUT2D eigenvalue weighted by atomic mass is 9.87. The first-order valence-corrected chi connectivity index (χ1v) is 6.53. The van der Waals surface area contributed by atoms with Gasteiger partial charge in [0.25, 0.3) is 0 Å². The Morgan fingerprint density at radius 2 is 2.00 bits per heavy atom. The molecule has 116 valence electrons. The number of nitrogens with one attached hydrogen (secondary N) is 1. The Hall–Kier alpha value is -1.63. The standard InChI is InChI=1S/C14H16F4N2O/c1-8(2)6-13(21,14(16,17)18)7-10-5-9-3-4-19-12(15)11(9)20-10/h3-5,8,20-21H,6-7H2,1-2H3. The van der Waals surface area contributed by atoms with Crippen molar-refractivity contribution >= 4 is 10.9 Å². The monoisotopic (exact) mass is 304 g/mol. The Morgan fingerprint density at radius 3 is 2.52 bits per heavy atom. The molecule has 21 heavy (non-hydrogen) atoms. The summed E-state index contributed by atoms with van der Waals surface area (Å²) in [5.74, 6) is -1.11. The van der Waals surface area contributed by atoms with Gasteiger partial charge in [-0.3, -0.25) is 0 Å². The number of H-pyrrole nitrogens is 1. The predicted molar refractivity (Wildman–Crippen MR) is 70.2 cm³/mol. The lowest BCUT2D eigenvalue weighted by Crippen LogP contribution is -2.48. The topological polar surface area (TPSA) is 48.9 Å². The number of hydrogen-bond donors (Lipinski definition) is 2. The third-order valence-corrected chi connectivity index (χ3v) is 3.31. The maximum Gasteiger partial charge on any atom is 0.417 e. The number of aromatic nitrogens is 2. The van der Waals surface area contributed by atoms with Crippen LogP contribution in [0, 0.1) is 11.9 Å². The minimum Gasteiger partial charge on any atom is -0.380 e. The fraction of sp³-hybridized carbons (Fsp3) is 0.500. The van der Waals surface area contributed by atoms with Gasteiger partial charge in [-0.2, -0.15) is 17.6 Å². The van der Waals surface area contributed by atoms with Crippen LogP contribution >= 0.6 is 0 Å². The van der Waals surface area contributed by atoms with E-state index in [4.69, 9.17) is 0 Å². The van der Waals surface area contributed by atoms with Gasteiger partial charge in [-0.1, -0.05) is 13.8 Å². The van der Waals surface area contributed by atoms with E-state index >= 15 is 0 Å². The molecule has 0 aliphatic rings. The Kier molecular flexibility index (Phi) is 3.97. The van der Waals surface area contributed by atoms with Gasteiger partial charge in [0.05, 0.1) is 0 Å². The average Bonchev–Trinajstić information content (AvgIpc) is 2.70. The zero-order valence-electron chi connectivity index (χ0n) is 11.6. The summed E-state index contributed by atoms with van der Waals surface area (Å²) in [6, 6.07) is 2.89. The van der Waals surface area contributed by atoms with Crippen molar-refractivity contribution in [2.75, 3.05) is 0 Å². The van der Waals surface area contributed by atoms with Crippen molar-refractivity contribution in [2.24, 2.45) is 5.92 Å². The summed E-state index contributed by atoms with van der Waals surface area (Å²) in [6.07, 6.45) is -4.60. The van der Waals surface area contributed by atoms with Crippen molar-refractivity contribution in [3.63, 3.8) is 0 Å². The van der Waals surface area contributed by atoms with Crippen molar-refractivity contribution < 1.29 is 22.7 Å². The number of rotatable bonds is 4. The van der Waals surface area contributed by atoms with Crippen LogP contribution in [0.4, 0.5) is 17.6 Å². The molecule has 2 N–H and O–H groups in total. The minimum atomic E-state index is -4.76. The first kappa shape index (κ1) is 15.8. The normalized spacial score (nSPS) is 15.6. The molecule has 2 aromatic heterocycles. The molecular formula is C14H16F4N2O. The van der Waals surface area contributed by atoms with Crippen LogP contribution in [0.1, 0.15) is 26.0 Å². The molecule has 2 rings (SSSR count). The molecule has 0 aliphatic carbocycles. The van der Waals surface area contributed by atoms with E-state index in [9.17, 15) is 22.7 Å². The molecule has 0 bridgehead atoms. The van der Waals surface area contributed by atoms with Gasteiger partial charge in [0.1, 0.15) is 5.52 Å². The summed E-state index contributed by atoms with van der Waals surface area (Å²) in [5, 5.41) is 10.4. The maximum absolute atomic E-state index is 13.4. The van der Waals surface area contributed by atoms with Gasteiger partial charge in [-0.05, 0) is 24.5 Å². The van der Waals surface area contributed by atoms with Gasteiger partial charge in [-0.15, -0.1) is 0 Å². The van der Waals surface area contributed by atoms with Crippen LogP contribution in [0.15, 0.2) is 18.3 Å². The number of aromatic amines is 1. The zero-order chi connectivity index (χ0) is 15.8. The number of halogens is 4. The van der Waals surface area contributed by atoms with Crippen molar-refractivity contribution in [2.45, 2.75) is 38.5 Å².